The van der Waals surface area contributed by atoms with Gasteiger partial charge in [0.25, 0.3) is 5.91 Å². The largest absolute Gasteiger partial charge is 0.497 e. The van der Waals surface area contributed by atoms with Crippen LogP contribution in [0.25, 0.3) is 0 Å². The zero-order chi connectivity index (χ0) is 17.8. The van der Waals surface area contributed by atoms with Crippen molar-refractivity contribution in [2.45, 2.75) is 6.54 Å². The van der Waals surface area contributed by atoms with Crippen LogP contribution in [-0.4, -0.2) is 22.8 Å². The molecule has 3 aromatic rings. The van der Waals surface area contributed by atoms with E-state index < -0.39 is 0 Å². The average molecular weight is 376 g/mol. The van der Waals surface area contributed by atoms with Crippen LogP contribution in [0.3, 0.4) is 0 Å². The van der Waals surface area contributed by atoms with Gasteiger partial charge in [-0.3, -0.25) is 9.48 Å². The number of nitrogens with zero attached hydrogens (tertiary/aromatic N) is 2. The number of benzene rings is 2. The second-order valence-corrected chi connectivity index (χ2v) is 6.10. The van der Waals surface area contributed by atoms with Gasteiger partial charge in [-0.05, 0) is 36.4 Å². The predicted octanol–water partition coefficient (Wildman–Crippen LogP) is 4.50. The zero-order valence-electron chi connectivity index (χ0n) is 13.4. The number of ether oxygens (including phenoxy) is 1. The maximum absolute atomic E-state index is 12.2. The van der Waals surface area contributed by atoms with Gasteiger partial charge in [0.1, 0.15) is 5.75 Å². The number of halogens is 2. The Morgan fingerprint density at radius 1 is 1.12 bits per heavy atom. The molecule has 0 unspecified atom stereocenters. The number of nitrogens with one attached hydrogen (secondary N) is 1. The first-order chi connectivity index (χ1) is 12.1. The van der Waals surface area contributed by atoms with Crippen molar-refractivity contribution in [3.8, 4) is 5.75 Å². The highest BCUT2D eigenvalue weighted by molar-refractivity contribution is 6.35. The molecule has 1 aromatic heterocycles. The summed E-state index contributed by atoms with van der Waals surface area (Å²) in [4.78, 5) is 12.2. The number of hydrogen-bond donors (Lipinski definition) is 1. The molecule has 25 heavy (non-hydrogen) atoms. The molecule has 1 N–H and O–H groups in total. The van der Waals surface area contributed by atoms with Gasteiger partial charge in [0.2, 0.25) is 0 Å². The van der Waals surface area contributed by atoms with Gasteiger partial charge in [-0.25, -0.2) is 0 Å². The van der Waals surface area contributed by atoms with Gasteiger partial charge in [0.15, 0.2) is 5.82 Å². The zero-order valence-corrected chi connectivity index (χ0v) is 14.9. The second kappa shape index (κ2) is 7.59. The van der Waals surface area contributed by atoms with E-state index in [9.17, 15) is 4.79 Å². The molecule has 0 atom stereocenters. The van der Waals surface area contributed by atoms with Crippen LogP contribution in [-0.2, 0) is 6.54 Å². The van der Waals surface area contributed by atoms with Crippen LogP contribution in [0.1, 0.15) is 15.9 Å². The summed E-state index contributed by atoms with van der Waals surface area (Å²) >= 11 is 12.3. The third kappa shape index (κ3) is 4.13. The molecular weight excluding hydrogens is 361 g/mol. The van der Waals surface area contributed by atoms with E-state index in [4.69, 9.17) is 27.9 Å². The van der Waals surface area contributed by atoms with E-state index in [2.05, 4.69) is 10.4 Å². The Morgan fingerprint density at radius 2 is 1.80 bits per heavy atom. The van der Waals surface area contributed by atoms with Gasteiger partial charge in [-0.1, -0.05) is 29.3 Å². The minimum atomic E-state index is -0.247. The van der Waals surface area contributed by atoms with E-state index >= 15 is 0 Å². The fourth-order valence-corrected chi connectivity index (χ4v) is 2.81. The summed E-state index contributed by atoms with van der Waals surface area (Å²) in [6.07, 6.45) is 1.75. The van der Waals surface area contributed by atoms with E-state index in [-0.39, 0.29) is 5.91 Å². The first-order valence-electron chi connectivity index (χ1n) is 7.48. The Kier molecular flexibility index (Phi) is 5.26. The van der Waals surface area contributed by atoms with Crippen molar-refractivity contribution < 1.29 is 9.53 Å². The summed E-state index contributed by atoms with van der Waals surface area (Å²) in [6, 6.07) is 13.9. The lowest BCUT2D eigenvalue weighted by atomic mass is 10.2. The van der Waals surface area contributed by atoms with Crippen LogP contribution >= 0.6 is 23.2 Å². The number of aromatic nitrogens is 2. The van der Waals surface area contributed by atoms with Crippen molar-refractivity contribution in [1.29, 1.82) is 0 Å². The van der Waals surface area contributed by atoms with Crippen LogP contribution in [0, 0.1) is 0 Å². The highest BCUT2D eigenvalue weighted by atomic mass is 35.5. The molecule has 0 bridgehead atoms. The topological polar surface area (TPSA) is 56.1 Å². The van der Waals surface area contributed by atoms with Crippen LogP contribution in [0.15, 0.2) is 54.7 Å². The Morgan fingerprint density at radius 3 is 2.44 bits per heavy atom. The molecule has 0 spiro atoms. The lowest BCUT2D eigenvalue weighted by Crippen LogP contribution is -2.12. The molecule has 0 saturated carbocycles. The van der Waals surface area contributed by atoms with Gasteiger partial charge in [0.05, 0.1) is 13.7 Å². The highest BCUT2D eigenvalue weighted by Gasteiger charge is 2.10. The standard InChI is InChI=1S/C18H15Cl2N3O2/c1-25-13-7-5-12(6-8-13)18(24)21-17-9-10-23(22-17)11-14-15(19)3-2-4-16(14)20/h2-10H,11H2,1H3,(H,21,22,24). The Bertz CT molecular complexity index is 871. The smallest absolute Gasteiger partial charge is 0.256 e. The maximum Gasteiger partial charge on any atom is 0.256 e. The average Bonchev–Trinajstić information content (AvgIpc) is 3.05. The number of rotatable bonds is 5. The third-order valence-corrected chi connectivity index (χ3v) is 4.32. The Balaban J connectivity index is 1.70. The van der Waals surface area contributed by atoms with Crippen molar-refractivity contribution in [2.75, 3.05) is 12.4 Å². The highest BCUT2D eigenvalue weighted by Crippen LogP contribution is 2.25. The van der Waals surface area contributed by atoms with Crippen molar-refractivity contribution in [1.82, 2.24) is 9.78 Å². The number of hydrogen-bond acceptors (Lipinski definition) is 3. The SMILES string of the molecule is COc1ccc(C(=O)Nc2ccn(Cc3c(Cl)cccc3Cl)n2)cc1. The normalized spacial score (nSPS) is 10.5. The van der Waals surface area contributed by atoms with Crippen LogP contribution in [0.4, 0.5) is 5.82 Å². The lowest BCUT2D eigenvalue weighted by molar-refractivity contribution is 0.102. The molecule has 0 radical (unpaired) electrons. The van der Waals surface area contributed by atoms with Gasteiger partial charge in [0, 0.05) is 33.4 Å². The summed E-state index contributed by atoms with van der Waals surface area (Å²) < 4.78 is 6.74. The quantitative estimate of drug-likeness (QED) is 0.714. The van der Waals surface area contributed by atoms with Crippen LogP contribution in [0.2, 0.25) is 10.0 Å². The van der Waals surface area contributed by atoms with Gasteiger partial charge in [-0.15, -0.1) is 0 Å². The number of carbonyl (C=O) groups excluding carboxylic acids is 1. The van der Waals surface area contributed by atoms with E-state index in [1.807, 2.05) is 0 Å². The molecule has 1 heterocycles. The molecule has 0 aliphatic heterocycles. The lowest BCUT2D eigenvalue weighted by Gasteiger charge is -2.07. The maximum atomic E-state index is 12.2. The Hall–Kier alpha value is -2.50. The monoisotopic (exact) mass is 375 g/mol. The van der Waals surface area contributed by atoms with Crippen LogP contribution < -0.4 is 10.1 Å². The van der Waals surface area contributed by atoms with E-state index in [1.54, 1.807) is 66.5 Å². The van der Waals surface area contributed by atoms with Crippen molar-refractivity contribution in [3.63, 3.8) is 0 Å². The molecule has 2 aromatic carbocycles. The summed E-state index contributed by atoms with van der Waals surface area (Å²) in [5.41, 5.74) is 1.30. The second-order valence-electron chi connectivity index (χ2n) is 5.28. The first-order valence-corrected chi connectivity index (χ1v) is 8.24. The van der Waals surface area contributed by atoms with Gasteiger partial charge < -0.3 is 10.1 Å². The fourth-order valence-electron chi connectivity index (χ4n) is 2.29. The molecule has 0 aliphatic carbocycles. The van der Waals surface area contributed by atoms with Crippen molar-refractivity contribution >= 4 is 34.9 Å². The minimum Gasteiger partial charge on any atom is -0.497 e. The van der Waals surface area contributed by atoms with Crippen LogP contribution in [0.5, 0.6) is 5.75 Å². The molecule has 5 nitrogen and oxygen atoms in total. The molecule has 128 valence electrons. The summed E-state index contributed by atoms with van der Waals surface area (Å²) in [7, 11) is 1.58. The van der Waals surface area contributed by atoms with Crippen molar-refractivity contribution in [2.24, 2.45) is 0 Å². The van der Waals surface area contributed by atoms with E-state index in [0.717, 1.165) is 5.56 Å². The fraction of sp³-hybridized carbons (Fsp3) is 0.111. The number of carbonyl (C=O) groups is 1. The molecule has 0 saturated heterocycles. The number of anilines is 1. The summed E-state index contributed by atoms with van der Waals surface area (Å²) in [5.74, 6) is 0.894. The van der Waals surface area contributed by atoms with Gasteiger partial charge >= 0.3 is 0 Å². The predicted molar refractivity (Wildman–Crippen MR) is 98.7 cm³/mol. The molecular formula is C18H15Cl2N3O2. The Labute approximate surface area is 155 Å². The van der Waals surface area contributed by atoms with Crippen molar-refractivity contribution in [3.05, 3.63) is 75.9 Å². The number of amides is 1. The minimum absolute atomic E-state index is 0.247. The third-order valence-electron chi connectivity index (χ3n) is 3.62. The molecule has 3 rings (SSSR count). The first kappa shape index (κ1) is 17.3. The van der Waals surface area contributed by atoms with Gasteiger partial charge in [-0.2, -0.15) is 5.10 Å². The molecule has 0 aliphatic rings. The van der Waals surface area contributed by atoms with E-state index in [1.165, 1.54) is 0 Å². The van der Waals surface area contributed by atoms with E-state index in [0.29, 0.717) is 33.7 Å². The molecule has 0 fully saturated rings. The number of methoxy groups -OCH3 is 1. The summed E-state index contributed by atoms with van der Waals surface area (Å²) in [6.45, 7) is 0.414. The summed E-state index contributed by atoms with van der Waals surface area (Å²) in [5, 5.41) is 8.23. The molecule has 7 heteroatoms. The molecule has 1 amide bonds.